The highest BCUT2D eigenvalue weighted by atomic mass is 32.1. The zero-order valence-electron chi connectivity index (χ0n) is 18.4. The summed E-state index contributed by atoms with van der Waals surface area (Å²) in [6, 6.07) is 7.14. The number of likely N-dealkylation sites (tertiary alicyclic amines) is 1. The minimum Gasteiger partial charge on any atom is -0.449 e. The Morgan fingerprint density at radius 3 is 2.56 bits per heavy atom. The molecular weight excluding hydrogens is 426 g/mol. The van der Waals surface area contributed by atoms with Crippen molar-refractivity contribution in [2.24, 2.45) is 0 Å². The maximum atomic E-state index is 13.3. The molecule has 1 saturated carbocycles. The number of aromatic nitrogens is 1. The highest BCUT2D eigenvalue weighted by molar-refractivity contribution is 7.13. The molecule has 1 unspecified atom stereocenters. The van der Waals surface area contributed by atoms with Crippen LogP contribution in [0.15, 0.2) is 35.8 Å². The maximum Gasteiger partial charge on any atom is 0.338 e. The summed E-state index contributed by atoms with van der Waals surface area (Å²) in [7, 11) is 0. The molecule has 1 atom stereocenters. The smallest absolute Gasteiger partial charge is 0.338 e. The lowest BCUT2D eigenvalue weighted by molar-refractivity contribution is -0.128. The van der Waals surface area contributed by atoms with E-state index in [-0.39, 0.29) is 17.9 Å². The molecule has 2 fully saturated rings. The second-order valence-electron chi connectivity index (χ2n) is 8.48. The van der Waals surface area contributed by atoms with Crippen molar-refractivity contribution in [2.75, 3.05) is 11.4 Å². The second-order valence-corrected chi connectivity index (χ2v) is 9.35. The van der Waals surface area contributed by atoms with Crippen LogP contribution in [-0.4, -0.2) is 46.4 Å². The minimum absolute atomic E-state index is 0.0936. The number of benzene rings is 1. The quantitative estimate of drug-likeness (QED) is 0.585. The molecule has 4 rings (SSSR count). The number of esters is 1. The van der Waals surface area contributed by atoms with E-state index >= 15 is 0 Å². The molecule has 2 aliphatic rings. The molecule has 1 aliphatic carbocycles. The van der Waals surface area contributed by atoms with Crippen LogP contribution in [0.3, 0.4) is 0 Å². The number of carbonyl (C=O) groups excluding carboxylic acids is 3. The number of ether oxygens (including phenoxy) is 1. The van der Waals surface area contributed by atoms with E-state index in [0.717, 1.165) is 44.2 Å². The maximum absolute atomic E-state index is 13.3. The molecule has 1 aromatic carbocycles. The van der Waals surface area contributed by atoms with Crippen LogP contribution in [-0.2, 0) is 20.9 Å². The van der Waals surface area contributed by atoms with Gasteiger partial charge in [0.15, 0.2) is 11.2 Å². The van der Waals surface area contributed by atoms with Crippen molar-refractivity contribution in [1.29, 1.82) is 0 Å². The SMILES string of the molecule is CC(OC(=O)c1ccc(CN2CCCC2=O)cc1)C(=O)N(c1nccs1)C1CCCCC1. The first kappa shape index (κ1) is 22.5. The van der Waals surface area contributed by atoms with E-state index < -0.39 is 12.1 Å². The van der Waals surface area contributed by atoms with E-state index in [1.54, 1.807) is 30.2 Å². The fraction of sp³-hybridized carbons (Fsp3) is 0.500. The van der Waals surface area contributed by atoms with Crippen molar-refractivity contribution in [3.05, 3.63) is 47.0 Å². The van der Waals surface area contributed by atoms with Crippen LogP contribution in [0.2, 0.25) is 0 Å². The van der Waals surface area contributed by atoms with Crippen LogP contribution < -0.4 is 4.90 Å². The van der Waals surface area contributed by atoms with Gasteiger partial charge in [0.2, 0.25) is 5.91 Å². The fourth-order valence-corrected chi connectivity index (χ4v) is 5.13. The second kappa shape index (κ2) is 10.3. The molecule has 32 heavy (non-hydrogen) atoms. The summed E-state index contributed by atoms with van der Waals surface area (Å²) in [5.41, 5.74) is 1.35. The number of carbonyl (C=O) groups is 3. The van der Waals surface area contributed by atoms with E-state index in [9.17, 15) is 14.4 Å². The van der Waals surface area contributed by atoms with Crippen LogP contribution in [0.4, 0.5) is 5.13 Å². The molecular formula is C24H29N3O4S. The lowest BCUT2D eigenvalue weighted by atomic mass is 9.94. The van der Waals surface area contributed by atoms with Gasteiger partial charge in [-0.3, -0.25) is 14.5 Å². The molecule has 8 heteroatoms. The van der Waals surface area contributed by atoms with Crippen molar-refractivity contribution in [3.63, 3.8) is 0 Å². The van der Waals surface area contributed by atoms with Crippen molar-refractivity contribution in [2.45, 2.75) is 70.6 Å². The van der Waals surface area contributed by atoms with Crippen LogP contribution in [0, 0.1) is 0 Å². The molecule has 1 saturated heterocycles. The third kappa shape index (κ3) is 5.18. The number of anilines is 1. The van der Waals surface area contributed by atoms with Gasteiger partial charge in [-0.1, -0.05) is 31.4 Å². The minimum atomic E-state index is -0.907. The summed E-state index contributed by atoms with van der Waals surface area (Å²) in [4.78, 5) is 45.7. The van der Waals surface area contributed by atoms with Gasteiger partial charge in [0.25, 0.3) is 5.91 Å². The Kier molecular flexibility index (Phi) is 7.19. The molecule has 0 bridgehead atoms. The summed E-state index contributed by atoms with van der Waals surface area (Å²) in [5, 5.41) is 2.51. The third-order valence-corrected chi connectivity index (χ3v) is 6.94. The Balaban J connectivity index is 1.39. The van der Waals surface area contributed by atoms with Gasteiger partial charge in [-0.25, -0.2) is 9.78 Å². The highest BCUT2D eigenvalue weighted by Gasteiger charge is 2.33. The fourth-order valence-electron chi connectivity index (χ4n) is 4.42. The first-order valence-electron chi connectivity index (χ1n) is 11.3. The predicted molar refractivity (Wildman–Crippen MR) is 122 cm³/mol. The van der Waals surface area contributed by atoms with Crippen LogP contribution >= 0.6 is 11.3 Å². The summed E-state index contributed by atoms with van der Waals surface area (Å²) in [6.45, 7) is 2.95. The molecule has 170 valence electrons. The number of hydrogen-bond acceptors (Lipinski definition) is 6. The van der Waals surface area contributed by atoms with Gasteiger partial charge in [-0.05, 0) is 43.9 Å². The largest absolute Gasteiger partial charge is 0.449 e. The van der Waals surface area contributed by atoms with Gasteiger partial charge in [0.1, 0.15) is 0 Å². The molecule has 0 N–H and O–H groups in total. The average molecular weight is 456 g/mol. The molecule has 2 amide bonds. The summed E-state index contributed by atoms with van der Waals surface area (Å²) >= 11 is 1.43. The highest BCUT2D eigenvalue weighted by Crippen LogP contribution is 2.29. The van der Waals surface area contributed by atoms with Gasteiger partial charge in [0.05, 0.1) is 5.56 Å². The van der Waals surface area contributed by atoms with Gasteiger partial charge < -0.3 is 9.64 Å². The molecule has 2 heterocycles. The van der Waals surface area contributed by atoms with Gasteiger partial charge in [0, 0.05) is 37.1 Å². The number of nitrogens with zero attached hydrogens (tertiary/aromatic N) is 3. The Bertz CT molecular complexity index is 939. The Morgan fingerprint density at radius 1 is 1.19 bits per heavy atom. The first-order chi connectivity index (χ1) is 15.5. The van der Waals surface area contributed by atoms with E-state index in [4.69, 9.17) is 4.74 Å². The van der Waals surface area contributed by atoms with Gasteiger partial charge in [-0.2, -0.15) is 0 Å². The Labute approximate surface area is 192 Å². The van der Waals surface area contributed by atoms with E-state index in [1.807, 2.05) is 22.4 Å². The molecule has 0 radical (unpaired) electrons. The first-order valence-corrected chi connectivity index (χ1v) is 12.2. The molecule has 7 nitrogen and oxygen atoms in total. The molecule has 1 aliphatic heterocycles. The average Bonchev–Trinajstić information content (AvgIpc) is 3.47. The summed E-state index contributed by atoms with van der Waals surface area (Å²) in [6.07, 6.45) is 7.52. The number of thiazole rings is 1. The van der Waals surface area contributed by atoms with Crippen LogP contribution in [0.25, 0.3) is 0 Å². The van der Waals surface area contributed by atoms with Crippen molar-refractivity contribution < 1.29 is 19.1 Å². The predicted octanol–water partition coefficient (Wildman–Crippen LogP) is 4.18. The summed E-state index contributed by atoms with van der Waals surface area (Å²) < 4.78 is 5.54. The number of hydrogen-bond donors (Lipinski definition) is 0. The van der Waals surface area contributed by atoms with Crippen LogP contribution in [0.5, 0.6) is 0 Å². The lowest BCUT2D eigenvalue weighted by Crippen LogP contribution is -2.47. The van der Waals surface area contributed by atoms with Crippen molar-refractivity contribution in [1.82, 2.24) is 9.88 Å². The van der Waals surface area contributed by atoms with Gasteiger partial charge >= 0.3 is 5.97 Å². The van der Waals surface area contributed by atoms with Gasteiger partial charge in [-0.15, -0.1) is 11.3 Å². The summed E-state index contributed by atoms with van der Waals surface area (Å²) in [5.74, 6) is -0.592. The van der Waals surface area contributed by atoms with E-state index in [1.165, 1.54) is 17.8 Å². The third-order valence-electron chi connectivity index (χ3n) is 6.17. The zero-order valence-corrected chi connectivity index (χ0v) is 19.2. The Morgan fingerprint density at radius 2 is 1.94 bits per heavy atom. The molecule has 1 aromatic heterocycles. The normalized spacial score (nSPS) is 17.9. The lowest BCUT2D eigenvalue weighted by Gasteiger charge is -2.33. The molecule has 2 aromatic rings. The van der Waals surface area contributed by atoms with Crippen molar-refractivity contribution in [3.8, 4) is 0 Å². The topological polar surface area (TPSA) is 79.8 Å². The number of rotatable bonds is 7. The van der Waals surface area contributed by atoms with E-state index in [2.05, 4.69) is 4.98 Å². The van der Waals surface area contributed by atoms with E-state index in [0.29, 0.717) is 23.7 Å². The number of amides is 2. The van der Waals surface area contributed by atoms with Crippen molar-refractivity contribution >= 4 is 34.3 Å². The standard InChI is InChI=1S/C24H29N3O4S/c1-17(22(29)27(24-25-13-15-32-24)20-6-3-2-4-7-20)31-23(30)19-11-9-18(10-12-19)16-26-14-5-8-21(26)28/h9-13,15,17,20H,2-8,14,16H2,1H3. The Hall–Kier alpha value is -2.74. The molecule has 0 spiro atoms. The monoisotopic (exact) mass is 455 g/mol. The van der Waals surface area contributed by atoms with Crippen LogP contribution in [0.1, 0.15) is 67.8 Å². The zero-order chi connectivity index (χ0) is 22.5.